The van der Waals surface area contributed by atoms with Gasteiger partial charge in [-0.15, -0.1) is 0 Å². The Morgan fingerprint density at radius 3 is 2.90 bits per heavy atom. The van der Waals surface area contributed by atoms with Crippen LogP contribution < -0.4 is 0 Å². The van der Waals surface area contributed by atoms with Crippen molar-refractivity contribution in [2.24, 2.45) is 0 Å². The van der Waals surface area contributed by atoms with Crippen molar-refractivity contribution in [2.75, 3.05) is 0 Å². The molecule has 0 saturated carbocycles. The summed E-state index contributed by atoms with van der Waals surface area (Å²) in [5.41, 5.74) is 3.52. The number of hydrogen-bond acceptors (Lipinski definition) is 2. The van der Waals surface area contributed by atoms with Crippen LogP contribution in [0.25, 0.3) is 5.65 Å². The smallest absolute Gasteiger partial charge is 0.158 e. The minimum absolute atomic E-state index is 0.264. The van der Waals surface area contributed by atoms with Gasteiger partial charge in [-0.2, -0.15) is 0 Å². The van der Waals surface area contributed by atoms with Crippen LogP contribution in [0.1, 0.15) is 16.8 Å². The van der Waals surface area contributed by atoms with Gasteiger partial charge in [-0.05, 0) is 62.0 Å². The normalized spacial score (nSPS) is 11.2. The SMILES string of the molecule is Cc1cc(Br)c(F)cc1Cc1nc(Br)cn2ccnc12. The number of aromatic nitrogens is 3. The third-order valence-corrected chi connectivity index (χ3v) is 4.14. The lowest BCUT2D eigenvalue weighted by Gasteiger charge is -2.08. The van der Waals surface area contributed by atoms with E-state index in [0.29, 0.717) is 10.9 Å². The average molecular weight is 399 g/mol. The Balaban J connectivity index is 2.09. The van der Waals surface area contributed by atoms with Crippen LogP contribution in [-0.2, 0) is 6.42 Å². The molecule has 0 spiro atoms. The van der Waals surface area contributed by atoms with Crippen molar-refractivity contribution in [3.05, 3.63) is 62.4 Å². The molecular weight excluding hydrogens is 389 g/mol. The molecule has 0 bridgehead atoms. The summed E-state index contributed by atoms with van der Waals surface area (Å²) in [6, 6.07) is 3.33. The Morgan fingerprint density at radius 1 is 1.30 bits per heavy atom. The van der Waals surface area contributed by atoms with Gasteiger partial charge < -0.3 is 4.40 Å². The highest BCUT2D eigenvalue weighted by Gasteiger charge is 2.11. The summed E-state index contributed by atoms with van der Waals surface area (Å²) in [6.07, 6.45) is 5.97. The van der Waals surface area contributed by atoms with E-state index in [1.54, 1.807) is 18.3 Å². The molecule has 1 aromatic carbocycles. The number of hydrogen-bond donors (Lipinski definition) is 0. The van der Waals surface area contributed by atoms with Crippen LogP contribution in [0.2, 0.25) is 0 Å². The zero-order valence-electron chi connectivity index (χ0n) is 10.6. The molecule has 0 unspecified atom stereocenters. The topological polar surface area (TPSA) is 30.2 Å². The first-order valence-electron chi connectivity index (χ1n) is 5.97. The zero-order valence-corrected chi connectivity index (χ0v) is 13.7. The van der Waals surface area contributed by atoms with Crippen molar-refractivity contribution in [3.8, 4) is 0 Å². The molecule has 3 aromatic rings. The van der Waals surface area contributed by atoms with Gasteiger partial charge in [-0.3, -0.25) is 0 Å². The third-order valence-electron chi connectivity index (χ3n) is 3.15. The Kier molecular flexibility index (Phi) is 3.60. The maximum absolute atomic E-state index is 13.7. The first-order valence-corrected chi connectivity index (χ1v) is 7.56. The molecule has 0 aliphatic rings. The van der Waals surface area contributed by atoms with E-state index in [1.807, 2.05) is 23.7 Å². The molecule has 102 valence electrons. The molecule has 0 atom stereocenters. The maximum atomic E-state index is 13.7. The number of nitrogens with zero attached hydrogens (tertiary/aromatic N) is 3. The Morgan fingerprint density at radius 2 is 2.10 bits per heavy atom. The third kappa shape index (κ3) is 2.50. The van der Waals surface area contributed by atoms with Crippen molar-refractivity contribution >= 4 is 37.5 Å². The highest BCUT2D eigenvalue weighted by Crippen LogP contribution is 2.23. The number of benzene rings is 1. The molecular formula is C14H10Br2FN3. The van der Waals surface area contributed by atoms with Gasteiger partial charge in [-0.1, -0.05) is 0 Å². The van der Waals surface area contributed by atoms with Gasteiger partial charge in [0.2, 0.25) is 0 Å². The van der Waals surface area contributed by atoms with E-state index >= 15 is 0 Å². The van der Waals surface area contributed by atoms with E-state index in [1.165, 1.54) is 0 Å². The molecule has 2 aromatic heterocycles. The first-order chi connectivity index (χ1) is 9.54. The monoisotopic (exact) mass is 397 g/mol. The van der Waals surface area contributed by atoms with E-state index in [-0.39, 0.29) is 5.82 Å². The highest BCUT2D eigenvalue weighted by atomic mass is 79.9. The molecule has 3 rings (SSSR count). The zero-order chi connectivity index (χ0) is 14.3. The molecule has 20 heavy (non-hydrogen) atoms. The van der Waals surface area contributed by atoms with Gasteiger partial charge in [0.1, 0.15) is 10.4 Å². The highest BCUT2D eigenvalue weighted by molar-refractivity contribution is 9.10. The summed E-state index contributed by atoms with van der Waals surface area (Å²) < 4.78 is 16.8. The van der Waals surface area contributed by atoms with Crippen LogP contribution in [0.4, 0.5) is 4.39 Å². The minimum Gasteiger partial charge on any atom is -0.303 e. The fraction of sp³-hybridized carbons (Fsp3) is 0.143. The summed E-state index contributed by atoms with van der Waals surface area (Å²) >= 11 is 6.58. The summed E-state index contributed by atoms with van der Waals surface area (Å²) in [7, 11) is 0. The van der Waals surface area contributed by atoms with E-state index in [4.69, 9.17) is 0 Å². The molecule has 6 heteroatoms. The van der Waals surface area contributed by atoms with Crippen LogP contribution in [0.5, 0.6) is 0 Å². The van der Waals surface area contributed by atoms with E-state index in [9.17, 15) is 4.39 Å². The fourth-order valence-electron chi connectivity index (χ4n) is 2.14. The molecule has 3 nitrogen and oxygen atoms in total. The maximum Gasteiger partial charge on any atom is 0.158 e. The van der Waals surface area contributed by atoms with Gasteiger partial charge in [0.15, 0.2) is 5.65 Å². The average Bonchev–Trinajstić information content (AvgIpc) is 2.84. The van der Waals surface area contributed by atoms with Gasteiger partial charge in [0.25, 0.3) is 0 Å². The van der Waals surface area contributed by atoms with E-state index < -0.39 is 0 Å². The molecule has 0 aliphatic heterocycles. The van der Waals surface area contributed by atoms with Crippen molar-refractivity contribution in [3.63, 3.8) is 0 Å². The molecule has 0 N–H and O–H groups in total. The van der Waals surface area contributed by atoms with Crippen molar-refractivity contribution in [2.45, 2.75) is 13.3 Å². The van der Waals surface area contributed by atoms with Crippen molar-refractivity contribution in [1.29, 1.82) is 0 Å². The van der Waals surface area contributed by atoms with Crippen LogP contribution in [0.15, 0.2) is 39.8 Å². The molecule has 0 fully saturated rings. The minimum atomic E-state index is -0.264. The van der Waals surface area contributed by atoms with Gasteiger partial charge in [-0.25, -0.2) is 14.4 Å². The summed E-state index contributed by atoms with van der Waals surface area (Å²) in [5.74, 6) is -0.264. The molecule has 0 aliphatic carbocycles. The lowest BCUT2D eigenvalue weighted by atomic mass is 10.0. The van der Waals surface area contributed by atoms with Gasteiger partial charge in [0.05, 0.1) is 10.2 Å². The molecule has 0 amide bonds. The van der Waals surface area contributed by atoms with Crippen LogP contribution in [0.3, 0.4) is 0 Å². The van der Waals surface area contributed by atoms with Crippen molar-refractivity contribution in [1.82, 2.24) is 14.4 Å². The van der Waals surface area contributed by atoms with Crippen LogP contribution in [-0.4, -0.2) is 14.4 Å². The number of fused-ring (bicyclic) bond motifs is 1. The standard InChI is InChI=1S/C14H10Br2FN3/c1-8-4-10(15)11(17)5-9(8)6-12-14-18-2-3-20(14)7-13(16)19-12/h2-5,7H,6H2,1H3. The second-order valence-corrected chi connectivity index (χ2v) is 6.20. The lowest BCUT2D eigenvalue weighted by Crippen LogP contribution is -2.01. The van der Waals surface area contributed by atoms with Gasteiger partial charge >= 0.3 is 0 Å². The summed E-state index contributed by atoms with van der Waals surface area (Å²) in [5, 5.41) is 0. The Labute approximate surface area is 132 Å². The largest absolute Gasteiger partial charge is 0.303 e. The number of aryl methyl sites for hydroxylation is 1. The molecule has 0 saturated heterocycles. The van der Waals surface area contributed by atoms with Crippen LogP contribution >= 0.6 is 31.9 Å². The van der Waals surface area contributed by atoms with E-state index in [2.05, 4.69) is 41.8 Å². The fourth-order valence-corrected chi connectivity index (χ4v) is 3.03. The lowest BCUT2D eigenvalue weighted by molar-refractivity contribution is 0.618. The predicted molar refractivity (Wildman–Crippen MR) is 82.3 cm³/mol. The predicted octanol–water partition coefficient (Wildman–Crippen LogP) is 4.29. The quantitative estimate of drug-likeness (QED) is 0.644. The summed E-state index contributed by atoms with van der Waals surface area (Å²) in [6.45, 7) is 1.96. The molecule has 2 heterocycles. The second-order valence-electron chi connectivity index (χ2n) is 4.54. The number of imidazole rings is 1. The Bertz CT molecular complexity index is 798. The first kappa shape index (κ1) is 13.7. The van der Waals surface area contributed by atoms with Gasteiger partial charge in [0, 0.05) is 25.0 Å². The number of rotatable bonds is 2. The summed E-state index contributed by atoms with van der Waals surface area (Å²) in [4.78, 5) is 8.76. The Hall–Kier alpha value is -1.27. The van der Waals surface area contributed by atoms with Crippen molar-refractivity contribution < 1.29 is 4.39 Å². The van der Waals surface area contributed by atoms with E-state index in [0.717, 1.165) is 27.1 Å². The second kappa shape index (κ2) is 5.26. The number of halogens is 3. The van der Waals surface area contributed by atoms with Crippen LogP contribution in [0, 0.1) is 12.7 Å². The molecule has 0 radical (unpaired) electrons.